The summed E-state index contributed by atoms with van der Waals surface area (Å²) in [7, 11) is 0. The summed E-state index contributed by atoms with van der Waals surface area (Å²) < 4.78 is 29.0. The van der Waals surface area contributed by atoms with Crippen molar-refractivity contribution in [2.45, 2.75) is 65.0 Å². The highest BCUT2D eigenvalue weighted by molar-refractivity contribution is 5.91. The molecule has 0 amide bonds. The summed E-state index contributed by atoms with van der Waals surface area (Å²) in [5.41, 5.74) is 3.37. The molecular formula is C27H29NO7. The third-order valence-electron chi connectivity index (χ3n) is 6.59. The van der Waals surface area contributed by atoms with E-state index in [9.17, 15) is 9.90 Å². The third kappa shape index (κ3) is 5.18. The van der Waals surface area contributed by atoms with Gasteiger partial charge in [0, 0.05) is 5.56 Å². The SMILES string of the molecule is Cc1cccc(CO[C@@H]2CCCC(OCc3nc(-c4ccc5c(c4)OCO5)oc3C)C2)c1C(=O)O. The van der Waals surface area contributed by atoms with Crippen LogP contribution in [0.2, 0.25) is 0 Å². The van der Waals surface area contributed by atoms with Crippen molar-refractivity contribution >= 4 is 5.97 Å². The van der Waals surface area contributed by atoms with Crippen LogP contribution in [0.4, 0.5) is 0 Å². The first-order chi connectivity index (χ1) is 17.0. The topological polar surface area (TPSA) is 100 Å². The summed E-state index contributed by atoms with van der Waals surface area (Å²) in [6, 6.07) is 11.1. The van der Waals surface area contributed by atoms with Gasteiger partial charge >= 0.3 is 5.97 Å². The lowest BCUT2D eigenvalue weighted by Crippen LogP contribution is -2.28. The van der Waals surface area contributed by atoms with Crippen LogP contribution in [-0.4, -0.2) is 35.1 Å². The Balaban J connectivity index is 1.17. The van der Waals surface area contributed by atoms with Crippen molar-refractivity contribution in [1.82, 2.24) is 4.98 Å². The molecule has 8 heteroatoms. The van der Waals surface area contributed by atoms with Gasteiger partial charge in [-0.3, -0.25) is 0 Å². The standard InChI is InChI=1S/C27H29NO7/c1-16-5-3-6-19(25(16)27(29)30)13-31-20-7-4-8-21(12-20)32-14-22-17(2)35-26(28-22)18-9-10-23-24(11-18)34-15-33-23/h3,5-6,9-11,20-21H,4,7-8,12-15H2,1-2H3,(H,29,30)/t20-,21?/m1/s1. The molecule has 1 saturated carbocycles. The van der Waals surface area contributed by atoms with Crippen molar-refractivity contribution in [2.75, 3.05) is 6.79 Å². The Hall–Kier alpha value is -3.36. The van der Waals surface area contributed by atoms with E-state index in [-0.39, 0.29) is 25.6 Å². The number of carboxylic acid groups (broad SMARTS) is 1. The molecule has 1 aliphatic heterocycles. The van der Waals surface area contributed by atoms with Crippen LogP contribution in [0.3, 0.4) is 0 Å². The summed E-state index contributed by atoms with van der Waals surface area (Å²) >= 11 is 0. The fourth-order valence-electron chi connectivity index (χ4n) is 4.68. The molecule has 2 atom stereocenters. The van der Waals surface area contributed by atoms with Crippen molar-refractivity contribution < 1.29 is 33.3 Å². The number of carboxylic acids is 1. The predicted octanol–water partition coefficient (Wildman–Crippen LogP) is 5.43. The minimum Gasteiger partial charge on any atom is -0.478 e. The fraction of sp³-hybridized carbons (Fsp3) is 0.407. The van der Waals surface area contributed by atoms with Gasteiger partial charge in [-0.05, 0) is 68.9 Å². The summed E-state index contributed by atoms with van der Waals surface area (Å²) in [5.74, 6) is 1.73. The van der Waals surface area contributed by atoms with Gasteiger partial charge in [0.05, 0.1) is 31.0 Å². The Morgan fingerprint density at radius 1 is 1.06 bits per heavy atom. The van der Waals surface area contributed by atoms with Crippen molar-refractivity contribution in [1.29, 1.82) is 0 Å². The van der Waals surface area contributed by atoms with E-state index in [0.29, 0.717) is 29.4 Å². The van der Waals surface area contributed by atoms with Gasteiger partial charge in [-0.1, -0.05) is 18.2 Å². The van der Waals surface area contributed by atoms with Crippen LogP contribution in [0.15, 0.2) is 40.8 Å². The molecule has 1 unspecified atom stereocenters. The maximum absolute atomic E-state index is 11.6. The van der Waals surface area contributed by atoms with Crippen molar-refractivity contribution in [3.05, 3.63) is 64.5 Å². The number of rotatable bonds is 8. The number of aromatic carboxylic acids is 1. The van der Waals surface area contributed by atoms with Gasteiger partial charge in [0.25, 0.3) is 0 Å². The molecule has 184 valence electrons. The molecule has 5 rings (SSSR count). The van der Waals surface area contributed by atoms with Crippen LogP contribution in [0.1, 0.15) is 58.6 Å². The Bertz CT molecular complexity index is 1220. The van der Waals surface area contributed by atoms with Gasteiger partial charge in [-0.15, -0.1) is 0 Å². The lowest BCUT2D eigenvalue weighted by Gasteiger charge is -2.29. The number of benzene rings is 2. The minimum absolute atomic E-state index is 0.0264. The third-order valence-corrected chi connectivity index (χ3v) is 6.59. The van der Waals surface area contributed by atoms with Crippen molar-refractivity contribution in [3.8, 4) is 23.0 Å². The van der Waals surface area contributed by atoms with E-state index in [2.05, 4.69) is 4.98 Å². The lowest BCUT2D eigenvalue weighted by atomic mass is 9.94. The normalized spacial score (nSPS) is 19.1. The fourth-order valence-corrected chi connectivity index (χ4v) is 4.68. The monoisotopic (exact) mass is 479 g/mol. The number of nitrogens with zero attached hydrogens (tertiary/aromatic N) is 1. The lowest BCUT2D eigenvalue weighted by molar-refractivity contribution is -0.0564. The molecule has 0 saturated heterocycles. The first-order valence-electron chi connectivity index (χ1n) is 11.9. The number of ether oxygens (including phenoxy) is 4. The number of oxazole rings is 1. The van der Waals surface area contributed by atoms with Gasteiger partial charge in [0.15, 0.2) is 11.5 Å². The summed E-state index contributed by atoms with van der Waals surface area (Å²) in [4.78, 5) is 16.3. The number of fused-ring (bicyclic) bond motifs is 1. The molecule has 0 radical (unpaired) electrons. The van der Waals surface area contributed by atoms with Gasteiger partial charge in [-0.2, -0.15) is 0 Å². The van der Waals surface area contributed by atoms with E-state index in [1.165, 1.54) is 0 Å². The molecular weight excluding hydrogens is 450 g/mol. The Morgan fingerprint density at radius 2 is 1.83 bits per heavy atom. The van der Waals surface area contributed by atoms with Gasteiger partial charge in [0.1, 0.15) is 11.5 Å². The average Bonchev–Trinajstić information content (AvgIpc) is 3.47. The molecule has 35 heavy (non-hydrogen) atoms. The summed E-state index contributed by atoms with van der Waals surface area (Å²) in [6.07, 6.45) is 3.73. The van der Waals surface area contributed by atoms with E-state index in [4.69, 9.17) is 23.4 Å². The van der Waals surface area contributed by atoms with Crippen LogP contribution in [0.5, 0.6) is 11.5 Å². The number of aryl methyl sites for hydroxylation is 2. The maximum Gasteiger partial charge on any atom is 0.336 e. The van der Waals surface area contributed by atoms with Gasteiger partial charge < -0.3 is 28.5 Å². The molecule has 0 spiro atoms. The Morgan fingerprint density at radius 3 is 2.63 bits per heavy atom. The second-order valence-electron chi connectivity index (χ2n) is 9.04. The van der Waals surface area contributed by atoms with Crippen molar-refractivity contribution in [2.24, 2.45) is 0 Å². The van der Waals surface area contributed by atoms with E-state index in [1.807, 2.05) is 37.3 Å². The highest BCUT2D eigenvalue weighted by Gasteiger charge is 2.25. The highest BCUT2D eigenvalue weighted by Crippen LogP contribution is 2.36. The van der Waals surface area contributed by atoms with Crippen molar-refractivity contribution in [3.63, 3.8) is 0 Å². The smallest absolute Gasteiger partial charge is 0.336 e. The first-order valence-corrected chi connectivity index (χ1v) is 11.9. The largest absolute Gasteiger partial charge is 0.478 e. The van der Waals surface area contributed by atoms with Crippen LogP contribution in [-0.2, 0) is 22.7 Å². The highest BCUT2D eigenvalue weighted by atomic mass is 16.7. The average molecular weight is 480 g/mol. The Labute approximate surface area is 203 Å². The molecule has 2 heterocycles. The van der Waals surface area contributed by atoms with Gasteiger partial charge in [-0.25, -0.2) is 9.78 Å². The zero-order valence-corrected chi connectivity index (χ0v) is 19.9. The van der Waals surface area contributed by atoms with E-state index >= 15 is 0 Å². The Kier molecular flexibility index (Phi) is 6.74. The molecule has 2 aliphatic rings. The quantitative estimate of drug-likeness (QED) is 0.457. The van der Waals surface area contributed by atoms with Crippen LogP contribution >= 0.6 is 0 Å². The molecule has 2 aromatic carbocycles. The predicted molar refractivity (Wildman–Crippen MR) is 127 cm³/mol. The second kappa shape index (κ2) is 10.1. The maximum atomic E-state index is 11.6. The molecule has 1 fully saturated rings. The molecule has 8 nitrogen and oxygen atoms in total. The van der Waals surface area contributed by atoms with Crippen LogP contribution in [0.25, 0.3) is 11.5 Å². The number of hydrogen-bond donors (Lipinski definition) is 1. The molecule has 1 aromatic heterocycles. The molecule has 1 N–H and O–H groups in total. The van der Waals surface area contributed by atoms with Gasteiger partial charge in [0.2, 0.25) is 12.7 Å². The number of carbonyl (C=O) groups is 1. The second-order valence-corrected chi connectivity index (χ2v) is 9.04. The van der Waals surface area contributed by atoms with Crippen LogP contribution < -0.4 is 9.47 Å². The molecule has 0 bridgehead atoms. The zero-order chi connectivity index (χ0) is 24.4. The zero-order valence-electron chi connectivity index (χ0n) is 19.9. The first kappa shape index (κ1) is 23.4. The number of hydrogen-bond acceptors (Lipinski definition) is 7. The summed E-state index contributed by atoms with van der Waals surface area (Å²) in [5, 5.41) is 9.54. The van der Waals surface area contributed by atoms with Crippen LogP contribution in [0, 0.1) is 13.8 Å². The summed E-state index contributed by atoms with van der Waals surface area (Å²) in [6.45, 7) is 4.55. The van der Waals surface area contributed by atoms with E-state index in [0.717, 1.165) is 54.0 Å². The minimum atomic E-state index is -0.922. The number of aromatic nitrogens is 1. The van der Waals surface area contributed by atoms with E-state index < -0.39 is 5.97 Å². The molecule has 3 aromatic rings. The molecule has 1 aliphatic carbocycles. The van der Waals surface area contributed by atoms with E-state index in [1.54, 1.807) is 13.0 Å².